The molecule has 1 aromatic heterocycles. The lowest BCUT2D eigenvalue weighted by atomic mass is 9.98. The number of hydrogen-bond donors (Lipinski definition) is 2. The van der Waals surface area contributed by atoms with Gasteiger partial charge < -0.3 is 15.2 Å². The molecule has 1 saturated heterocycles. The number of aromatic nitrogens is 1. The van der Waals surface area contributed by atoms with Gasteiger partial charge >= 0.3 is 0 Å². The Morgan fingerprint density at radius 3 is 2.52 bits per heavy atom. The van der Waals surface area contributed by atoms with E-state index in [0.717, 1.165) is 54.8 Å². The molecule has 2 heterocycles. The van der Waals surface area contributed by atoms with E-state index >= 15 is 0 Å². The topological polar surface area (TPSA) is 65.7 Å². The van der Waals surface area contributed by atoms with Crippen LogP contribution in [0.3, 0.4) is 0 Å². The highest BCUT2D eigenvalue weighted by molar-refractivity contribution is 14.0. The largest absolute Gasteiger partial charge is 0.361 e. The van der Waals surface area contributed by atoms with E-state index in [4.69, 9.17) is 9.52 Å². The third-order valence-electron chi connectivity index (χ3n) is 5.35. The Labute approximate surface area is 181 Å². The van der Waals surface area contributed by atoms with E-state index in [1.807, 2.05) is 0 Å². The van der Waals surface area contributed by atoms with Crippen LogP contribution in [0.15, 0.2) is 9.52 Å². The zero-order valence-corrected chi connectivity index (χ0v) is 20.0. The SMILES string of the molecule is CCNC(=NCc1c(CC)noc1CC)NCC(C)N1CCC(C)CC1.I. The van der Waals surface area contributed by atoms with Crippen LogP contribution in [0.4, 0.5) is 0 Å². The molecule has 0 amide bonds. The summed E-state index contributed by atoms with van der Waals surface area (Å²) in [6.07, 6.45) is 4.35. The third-order valence-corrected chi connectivity index (χ3v) is 5.35. The Kier molecular flexibility index (Phi) is 11.3. The fourth-order valence-electron chi connectivity index (χ4n) is 3.46. The molecular formula is C20H38IN5O. The molecule has 0 radical (unpaired) electrons. The van der Waals surface area contributed by atoms with Crippen molar-refractivity contribution in [3.63, 3.8) is 0 Å². The fraction of sp³-hybridized carbons (Fsp3) is 0.800. The molecule has 2 rings (SSSR count). The number of nitrogens with zero attached hydrogens (tertiary/aromatic N) is 3. The quantitative estimate of drug-likeness (QED) is 0.331. The van der Waals surface area contributed by atoms with E-state index in [9.17, 15) is 0 Å². The molecule has 0 aliphatic carbocycles. The second kappa shape index (κ2) is 12.6. The minimum Gasteiger partial charge on any atom is -0.361 e. The zero-order valence-electron chi connectivity index (χ0n) is 17.7. The van der Waals surface area contributed by atoms with Crippen LogP contribution in [0.2, 0.25) is 0 Å². The number of halogens is 1. The van der Waals surface area contributed by atoms with Crippen molar-refractivity contribution in [2.45, 2.75) is 72.9 Å². The van der Waals surface area contributed by atoms with Crippen LogP contribution >= 0.6 is 24.0 Å². The minimum absolute atomic E-state index is 0. The molecule has 2 N–H and O–H groups in total. The third kappa shape index (κ3) is 7.25. The highest BCUT2D eigenvalue weighted by Crippen LogP contribution is 2.18. The first-order valence-electron chi connectivity index (χ1n) is 10.3. The second-order valence-corrected chi connectivity index (χ2v) is 7.38. The van der Waals surface area contributed by atoms with Gasteiger partial charge in [0.1, 0.15) is 5.76 Å². The summed E-state index contributed by atoms with van der Waals surface area (Å²) in [5.41, 5.74) is 2.17. The lowest BCUT2D eigenvalue weighted by molar-refractivity contribution is 0.147. The molecule has 1 unspecified atom stereocenters. The smallest absolute Gasteiger partial charge is 0.191 e. The van der Waals surface area contributed by atoms with Crippen molar-refractivity contribution in [1.82, 2.24) is 20.7 Å². The molecule has 1 aliphatic rings. The molecule has 1 atom stereocenters. The van der Waals surface area contributed by atoms with Crippen LogP contribution in [0.1, 0.15) is 64.5 Å². The normalized spacial score (nSPS) is 17.4. The first-order valence-corrected chi connectivity index (χ1v) is 10.3. The predicted molar refractivity (Wildman–Crippen MR) is 123 cm³/mol. The maximum Gasteiger partial charge on any atom is 0.191 e. The predicted octanol–water partition coefficient (Wildman–Crippen LogP) is 3.59. The molecule has 0 aromatic carbocycles. The maximum absolute atomic E-state index is 5.45. The average Bonchev–Trinajstić information content (AvgIpc) is 3.06. The van der Waals surface area contributed by atoms with Crippen LogP contribution < -0.4 is 10.6 Å². The second-order valence-electron chi connectivity index (χ2n) is 7.38. The first-order chi connectivity index (χ1) is 12.6. The van der Waals surface area contributed by atoms with Gasteiger partial charge in [-0.2, -0.15) is 0 Å². The van der Waals surface area contributed by atoms with Gasteiger partial charge in [-0.25, -0.2) is 4.99 Å². The number of aliphatic imine (C=N–C) groups is 1. The van der Waals surface area contributed by atoms with Gasteiger partial charge in [0.05, 0.1) is 12.2 Å². The summed E-state index contributed by atoms with van der Waals surface area (Å²) >= 11 is 0. The summed E-state index contributed by atoms with van der Waals surface area (Å²) in [4.78, 5) is 7.36. The van der Waals surface area contributed by atoms with Crippen LogP contribution in [0.25, 0.3) is 0 Å². The number of hydrogen-bond acceptors (Lipinski definition) is 4. The maximum atomic E-state index is 5.45. The minimum atomic E-state index is 0. The molecule has 1 aromatic rings. The van der Waals surface area contributed by atoms with Gasteiger partial charge in [0.25, 0.3) is 0 Å². The van der Waals surface area contributed by atoms with E-state index in [0.29, 0.717) is 12.6 Å². The van der Waals surface area contributed by atoms with Crippen LogP contribution in [-0.4, -0.2) is 48.2 Å². The summed E-state index contributed by atoms with van der Waals surface area (Å²) in [6, 6.07) is 0.513. The van der Waals surface area contributed by atoms with Gasteiger partial charge in [-0.05, 0) is 52.1 Å². The van der Waals surface area contributed by atoms with Crippen molar-refractivity contribution in [3.8, 4) is 0 Å². The molecule has 6 nitrogen and oxygen atoms in total. The lowest BCUT2D eigenvalue weighted by Gasteiger charge is -2.35. The molecule has 1 aliphatic heterocycles. The Morgan fingerprint density at radius 1 is 1.22 bits per heavy atom. The number of guanidine groups is 1. The molecule has 0 spiro atoms. The molecule has 0 saturated carbocycles. The summed E-state index contributed by atoms with van der Waals surface area (Å²) in [5.74, 6) is 2.70. The lowest BCUT2D eigenvalue weighted by Crippen LogP contribution is -2.48. The summed E-state index contributed by atoms with van der Waals surface area (Å²) in [7, 11) is 0. The van der Waals surface area contributed by atoms with E-state index in [1.165, 1.54) is 25.9 Å². The Bertz CT molecular complexity index is 545. The van der Waals surface area contributed by atoms with Crippen LogP contribution in [0, 0.1) is 5.92 Å². The number of rotatable bonds is 8. The van der Waals surface area contributed by atoms with E-state index in [2.05, 4.69) is 55.3 Å². The molecule has 7 heteroatoms. The Hall–Kier alpha value is -0.830. The number of aryl methyl sites for hydroxylation is 2. The van der Waals surface area contributed by atoms with Crippen molar-refractivity contribution >= 4 is 29.9 Å². The van der Waals surface area contributed by atoms with Crippen molar-refractivity contribution < 1.29 is 4.52 Å². The molecule has 0 bridgehead atoms. The standard InChI is InChI=1S/C20H37N5O.HI/c1-6-18-17(19(7-2)26-24-18)14-23-20(21-8-3)22-13-16(5)25-11-9-15(4)10-12-25;/h15-16H,6-14H2,1-5H3,(H2,21,22,23);1H. The molecule has 1 fully saturated rings. The van der Waals surface area contributed by atoms with Crippen molar-refractivity contribution in [3.05, 3.63) is 17.0 Å². The number of likely N-dealkylation sites (tertiary alicyclic amines) is 1. The Morgan fingerprint density at radius 2 is 1.93 bits per heavy atom. The van der Waals surface area contributed by atoms with Gasteiger partial charge in [0.15, 0.2) is 5.96 Å². The molecule has 27 heavy (non-hydrogen) atoms. The van der Waals surface area contributed by atoms with E-state index < -0.39 is 0 Å². The van der Waals surface area contributed by atoms with Crippen molar-refractivity contribution in [2.24, 2.45) is 10.9 Å². The number of piperidine rings is 1. The summed E-state index contributed by atoms with van der Waals surface area (Å²) in [5, 5.41) is 11.0. The fourth-order valence-corrected chi connectivity index (χ4v) is 3.46. The van der Waals surface area contributed by atoms with Gasteiger partial charge in [0.2, 0.25) is 0 Å². The zero-order chi connectivity index (χ0) is 18.9. The first kappa shape index (κ1) is 24.2. The van der Waals surface area contributed by atoms with Gasteiger partial charge in [-0.1, -0.05) is 25.9 Å². The van der Waals surface area contributed by atoms with Crippen molar-refractivity contribution in [1.29, 1.82) is 0 Å². The van der Waals surface area contributed by atoms with Gasteiger partial charge in [-0.3, -0.25) is 4.90 Å². The van der Waals surface area contributed by atoms with Gasteiger partial charge in [0, 0.05) is 31.1 Å². The van der Waals surface area contributed by atoms with Crippen LogP contribution in [-0.2, 0) is 19.4 Å². The summed E-state index contributed by atoms with van der Waals surface area (Å²) < 4.78 is 5.45. The molecular weight excluding hydrogens is 453 g/mol. The Balaban J connectivity index is 0.00000364. The van der Waals surface area contributed by atoms with Crippen LogP contribution in [0.5, 0.6) is 0 Å². The van der Waals surface area contributed by atoms with E-state index in [-0.39, 0.29) is 24.0 Å². The molecule has 156 valence electrons. The van der Waals surface area contributed by atoms with Gasteiger partial charge in [-0.15, -0.1) is 24.0 Å². The van der Waals surface area contributed by atoms with E-state index in [1.54, 1.807) is 0 Å². The highest BCUT2D eigenvalue weighted by atomic mass is 127. The van der Waals surface area contributed by atoms with Crippen molar-refractivity contribution in [2.75, 3.05) is 26.2 Å². The highest BCUT2D eigenvalue weighted by Gasteiger charge is 2.20. The monoisotopic (exact) mass is 491 g/mol. The summed E-state index contributed by atoms with van der Waals surface area (Å²) in [6.45, 7) is 15.7. The number of nitrogens with one attached hydrogen (secondary N) is 2. The average molecular weight is 491 g/mol.